The molecule has 0 aliphatic carbocycles. The number of nitrogens with one attached hydrogen (secondary N) is 3. The Bertz CT molecular complexity index is 883. The van der Waals surface area contributed by atoms with E-state index in [-0.39, 0.29) is 23.8 Å². The van der Waals surface area contributed by atoms with Gasteiger partial charge < -0.3 is 20.9 Å². The molecule has 152 valence electrons. The van der Waals surface area contributed by atoms with Crippen molar-refractivity contribution in [3.63, 3.8) is 0 Å². The molecule has 29 heavy (non-hydrogen) atoms. The van der Waals surface area contributed by atoms with E-state index in [1.807, 2.05) is 32.0 Å². The average molecular weight is 394 g/mol. The van der Waals surface area contributed by atoms with Gasteiger partial charge in [-0.25, -0.2) is 4.79 Å². The van der Waals surface area contributed by atoms with Crippen molar-refractivity contribution >= 4 is 34.9 Å². The molecule has 1 unspecified atom stereocenters. The quantitative estimate of drug-likeness (QED) is 0.718. The molecule has 3 rings (SSSR count). The molecule has 1 aliphatic rings. The molecule has 2 aromatic carbocycles. The molecule has 3 N–H and O–H groups in total. The van der Waals surface area contributed by atoms with Gasteiger partial charge in [-0.2, -0.15) is 0 Å². The number of para-hydroxylation sites is 1. The van der Waals surface area contributed by atoms with Crippen molar-refractivity contribution in [1.82, 2.24) is 4.90 Å². The van der Waals surface area contributed by atoms with Crippen molar-refractivity contribution in [2.24, 2.45) is 5.92 Å². The Hall–Kier alpha value is -3.35. The van der Waals surface area contributed by atoms with Gasteiger partial charge in [-0.1, -0.05) is 38.1 Å². The van der Waals surface area contributed by atoms with E-state index >= 15 is 0 Å². The molecule has 1 aliphatic heterocycles. The van der Waals surface area contributed by atoms with Gasteiger partial charge in [-0.3, -0.25) is 9.59 Å². The van der Waals surface area contributed by atoms with Crippen molar-refractivity contribution in [1.29, 1.82) is 0 Å². The van der Waals surface area contributed by atoms with Crippen molar-refractivity contribution in [2.75, 3.05) is 22.5 Å². The zero-order valence-corrected chi connectivity index (χ0v) is 16.6. The Kier molecular flexibility index (Phi) is 6.49. The smallest absolute Gasteiger partial charge is 0.323 e. The number of carbonyl (C=O) groups is 3. The molecule has 1 heterocycles. The minimum Gasteiger partial charge on any atom is -0.330 e. The Labute approximate surface area is 170 Å². The highest BCUT2D eigenvalue weighted by atomic mass is 16.2. The van der Waals surface area contributed by atoms with Crippen molar-refractivity contribution in [3.8, 4) is 0 Å². The molecule has 7 heteroatoms. The van der Waals surface area contributed by atoms with Crippen LogP contribution in [0.1, 0.15) is 26.7 Å². The molecule has 0 radical (unpaired) electrons. The number of urea groups is 1. The van der Waals surface area contributed by atoms with Crippen LogP contribution in [0.15, 0.2) is 54.6 Å². The largest absolute Gasteiger partial charge is 0.330 e. The molecule has 4 amide bonds. The lowest BCUT2D eigenvalue weighted by Crippen LogP contribution is -2.44. The molecule has 1 atom stereocenters. The van der Waals surface area contributed by atoms with Crippen molar-refractivity contribution < 1.29 is 14.4 Å². The topological polar surface area (TPSA) is 90.5 Å². The Morgan fingerprint density at radius 2 is 1.52 bits per heavy atom. The van der Waals surface area contributed by atoms with Crippen LogP contribution in [0, 0.1) is 5.92 Å². The first-order valence-electron chi connectivity index (χ1n) is 9.78. The monoisotopic (exact) mass is 394 g/mol. The number of nitrogens with zero attached hydrogens (tertiary/aromatic N) is 1. The minimum atomic E-state index is -0.456. The fourth-order valence-corrected chi connectivity index (χ4v) is 3.35. The minimum absolute atomic E-state index is 0.00403. The van der Waals surface area contributed by atoms with Gasteiger partial charge in [0, 0.05) is 29.5 Å². The van der Waals surface area contributed by atoms with E-state index in [4.69, 9.17) is 0 Å². The molecule has 2 aromatic rings. The molecular formula is C22H26N4O3. The average Bonchev–Trinajstić information content (AvgIpc) is 3.18. The van der Waals surface area contributed by atoms with Crippen LogP contribution < -0.4 is 16.0 Å². The van der Waals surface area contributed by atoms with Gasteiger partial charge in [0.1, 0.15) is 6.04 Å². The standard InChI is InChI=1S/C22H26N4O3/c1-15(2)21(28)26-13-7-12-19(26)20(27)23-17-10-6-11-18(14-17)25-22(29)24-16-8-4-3-5-9-16/h3-6,8-11,14-15,19H,7,12-13H2,1-2H3,(H,23,27)(H2,24,25,29). The lowest BCUT2D eigenvalue weighted by Gasteiger charge is -2.25. The molecule has 0 bridgehead atoms. The molecule has 7 nitrogen and oxygen atoms in total. The van der Waals surface area contributed by atoms with E-state index in [2.05, 4.69) is 16.0 Å². The van der Waals surface area contributed by atoms with Crippen LogP contribution in [0.4, 0.5) is 21.9 Å². The van der Waals surface area contributed by atoms with E-state index in [0.717, 1.165) is 6.42 Å². The maximum absolute atomic E-state index is 12.7. The van der Waals surface area contributed by atoms with Gasteiger partial charge in [-0.05, 0) is 43.2 Å². The first-order chi connectivity index (χ1) is 13.9. The molecule has 0 spiro atoms. The first kappa shape index (κ1) is 20.4. The van der Waals surface area contributed by atoms with Gasteiger partial charge in [0.15, 0.2) is 0 Å². The third kappa shape index (κ3) is 5.34. The molecule has 1 saturated heterocycles. The van der Waals surface area contributed by atoms with Gasteiger partial charge in [-0.15, -0.1) is 0 Å². The Morgan fingerprint density at radius 3 is 2.21 bits per heavy atom. The van der Waals surface area contributed by atoms with Crippen LogP contribution in [-0.2, 0) is 9.59 Å². The van der Waals surface area contributed by atoms with Crippen LogP contribution in [-0.4, -0.2) is 35.3 Å². The fourth-order valence-electron chi connectivity index (χ4n) is 3.35. The van der Waals surface area contributed by atoms with E-state index in [9.17, 15) is 14.4 Å². The summed E-state index contributed by atoms with van der Waals surface area (Å²) in [6.45, 7) is 4.28. The van der Waals surface area contributed by atoms with Crippen LogP contribution in [0.5, 0.6) is 0 Å². The predicted octanol–water partition coefficient (Wildman–Crippen LogP) is 3.92. The second-order valence-electron chi connectivity index (χ2n) is 7.36. The number of likely N-dealkylation sites (tertiary alicyclic amines) is 1. The second kappa shape index (κ2) is 9.23. The molecule has 1 fully saturated rings. The van der Waals surface area contributed by atoms with Crippen molar-refractivity contribution in [2.45, 2.75) is 32.7 Å². The summed E-state index contributed by atoms with van der Waals surface area (Å²) in [6.07, 6.45) is 1.47. The summed E-state index contributed by atoms with van der Waals surface area (Å²) < 4.78 is 0. The van der Waals surface area contributed by atoms with E-state index in [1.54, 1.807) is 41.3 Å². The van der Waals surface area contributed by atoms with Gasteiger partial charge in [0.05, 0.1) is 0 Å². The maximum Gasteiger partial charge on any atom is 0.323 e. The third-order valence-corrected chi connectivity index (χ3v) is 4.75. The predicted molar refractivity (Wildman–Crippen MR) is 114 cm³/mol. The molecule has 0 aromatic heterocycles. The number of benzene rings is 2. The number of hydrogen-bond donors (Lipinski definition) is 3. The second-order valence-corrected chi connectivity index (χ2v) is 7.36. The first-order valence-corrected chi connectivity index (χ1v) is 9.78. The van der Waals surface area contributed by atoms with Gasteiger partial charge >= 0.3 is 6.03 Å². The van der Waals surface area contributed by atoms with Crippen LogP contribution in [0.25, 0.3) is 0 Å². The number of rotatable bonds is 5. The lowest BCUT2D eigenvalue weighted by molar-refractivity contribution is -0.139. The number of anilines is 3. The van der Waals surface area contributed by atoms with Crippen LogP contribution in [0.3, 0.4) is 0 Å². The summed E-state index contributed by atoms with van der Waals surface area (Å²) in [5, 5.41) is 8.36. The lowest BCUT2D eigenvalue weighted by atomic mass is 10.1. The summed E-state index contributed by atoms with van der Waals surface area (Å²) in [7, 11) is 0. The van der Waals surface area contributed by atoms with Gasteiger partial charge in [0.25, 0.3) is 0 Å². The summed E-state index contributed by atoms with van der Waals surface area (Å²) in [5.74, 6) is -0.350. The molecular weight excluding hydrogens is 368 g/mol. The maximum atomic E-state index is 12.7. The number of hydrogen-bond acceptors (Lipinski definition) is 3. The highest BCUT2D eigenvalue weighted by Crippen LogP contribution is 2.22. The van der Waals surface area contributed by atoms with Gasteiger partial charge in [0.2, 0.25) is 11.8 Å². The fraction of sp³-hybridized carbons (Fsp3) is 0.318. The van der Waals surface area contributed by atoms with Crippen LogP contribution in [0.2, 0.25) is 0 Å². The summed E-state index contributed by atoms with van der Waals surface area (Å²) in [5.41, 5.74) is 1.81. The molecule has 0 saturated carbocycles. The zero-order chi connectivity index (χ0) is 20.8. The third-order valence-electron chi connectivity index (χ3n) is 4.75. The van der Waals surface area contributed by atoms with Crippen LogP contribution >= 0.6 is 0 Å². The zero-order valence-electron chi connectivity index (χ0n) is 16.6. The highest BCUT2D eigenvalue weighted by molar-refractivity contribution is 6.01. The summed E-state index contributed by atoms with van der Waals surface area (Å²) >= 11 is 0. The number of amides is 4. The van der Waals surface area contributed by atoms with E-state index in [1.165, 1.54) is 0 Å². The Morgan fingerprint density at radius 1 is 0.897 bits per heavy atom. The SMILES string of the molecule is CC(C)C(=O)N1CCCC1C(=O)Nc1cccc(NC(=O)Nc2ccccc2)c1. The van der Waals surface area contributed by atoms with E-state index in [0.29, 0.717) is 30.0 Å². The summed E-state index contributed by atoms with van der Waals surface area (Å²) in [6, 6.07) is 15.2. The Balaban J connectivity index is 1.61. The normalized spacial score (nSPS) is 15.8. The highest BCUT2D eigenvalue weighted by Gasteiger charge is 2.34. The van der Waals surface area contributed by atoms with E-state index < -0.39 is 6.04 Å². The summed E-state index contributed by atoms with van der Waals surface area (Å²) in [4.78, 5) is 38.9. The van der Waals surface area contributed by atoms with Crippen molar-refractivity contribution in [3.05, 3.63) is 54.6 Å². The number of carbonyl (C=O) groups excluding carboxylic acids is 3.